The number of amides is 2. The number of carbonyl (C=O) groups is 1. The Morgan fingerprint density at radius 1 is 1.42 bits per heavy atom. The minimum Gasteiger partial charge on any atom is -0.331 e. The van der Waals surface area contributed by atoms with Gasteiger partial charge in [0, 0.05) is 24.3 Å². The zero-order valence-electron chi connectivity index (χ0n) is 11.6. The summed E-state index contributed by atoms with van der Waals surface area (Å²) in [5, 5.41) is 10.3. The normalized spacial score (nSPS) is 30.2. The summed E-state index contributed by atoms with van der Waals surface area (Å²) in [6.45, 7) is 6.18. The maximum absolute atomic E-state index is 12.3. The molecule has 0 spiro atoms. The second-order valence-electron chi connectivity index (χ2n) is 6.06. The van der Waals surface area contributed by atoms with Crippen LogP contribution in [0.15, 0.2) is 6.20 Å². The SMILES string of the molecule is CC1CN(C(=O)NC2CCCc3[nH]ncc32)CC1C. The Hall–Kier alpha value is -1.52. The fourth-order valence-electron chi connectivity index (χ4n) is 3.15. The number of urea groups is 1. The van der Waals surface area contributed by atoms with Crippen molar-refractivity contribution < 1.29 is 4.79 Å². The van der Waals surface area contributed by atoms with E-state index in [1.165, 1.54) is 11.3 Å². The van der Waals surface area contributed by atoms with Crippen LogP contribution in [0.25, 0.3) is 0 Å². The number of rotatable bonds is 1. The van der Waals surface area contributed by atoms with Crippen molar-refractivity contribution >= 4 is 6.03 Å². The van der Waals surface area contributed by atoms with Crippen LogP contribution in [-0.2, 0) is 6.42 Å². The van der Waals surface area contributed by atoms with Gasteiger partial charge in [0.15, 0.2) is 0 Å². The number of H-pyrrole nitrogens is 1. The average molecular weight is 262 g/mol. The van der Waals surface area contributed by atoms with E-state index < -0.39 is 0 Å². The van der Waals surface area contributed by atoms with Crippen LogP contribution in [0.1, 0.15) is 44.0 Å². The molecular formula is C14H22N4O. The van der Waals surface area contributed by atoms with E-state index >= 15 is 0 Å². The summed E-state index contributed by atoms with van der Waals surface area (Å²) in [5.41, 5.74) is 2.35. The zero-order valence-corrected chi connectivity index (χ0v) is 11.6. The van der Waals surface area contributed by atoms with Crippen LogP contribution >= 0.6 is 0 Å². The third-order valence-electron chi connectivity index (χ3n) is 4.62. The second kappa shape index (κ2) is 4.87. The molecule has 1 aromatic rings. The Morgan fingerprint density at radius 3 is 2.89 bits per heavy atom. The third kappa shape index (κ3) is 2.33. The third-order valence-corrected chi connectivity index (χ3v) is 4.62. The second-order valence-corrected chi connectivity index (χ2v) is 6.06. The van der Waals surface area contributed by atoms with E-state index in [-0.39, 0.29) is 12.1 Å². The van der Waals surface area contributed by atoms with Gasteiger partial charge in [0.25, 0.3) is 0 Å². The molecule has 5 heteroatoms. The Bertz CT molecular complexity index is 460. The standard InChI is InChI=1S/C14H22N4O/c1-9-7-18(8-10(9)2)14(19)16-12-4-3-5-13-11(12)6-15-17-13/h6,9-10,12H,3-5,7-8H2,1-2H3,(H,15,17)(H,16,19). The lowest BCUT2D eigenvalue weighted by Gasteiger charge is -2.26. The largest absolute Gasteiger partial charge is 0.331 e. The molecule has 1 aliphatic carbocycles. The molecule has 2 heterocycles. The van der Waals surface area contributed by atoms with E-state index in [1.54, 1.807) is 0 Å². The number of hydrogen-bond acceptors (Lipinski definition) is 2. The van der Waals surface area contributed by atoms with Gasteiger partial charge in [-0.05, 0) is 31.1 Å². The molecule has 0 bridgehead atoms. The number of nitrogens with zero attached hydrogens (tertiary/aromatic N) is 2. The molecule has 3 rings (SSSR count). The van der Waals surface area contributed by atoms with E-state index in [0.29, 0.717) is 11.8 Å². The molecule has 2 N–H and O–H groups in total. The van der Waals surface area contributed by atoms with Gasteiger partial charge in [-0.25, -0.2) is 4.79 Å². The average Bonchev–Trinajstić information content (AvgIpc) is 2.98. The zero-order chi connectivity index (χ0) is 13.4. The molecule has 2 amide bonds. The topological polar surface area (TPSA) is 61.0 Å². The lowest BCUT2D eigenvalue weighted by Crippen LogP contribution is -2.41. The van der Waals surface area contributed by atoms with Crippen molar-refractivity contribution in [3.05, 3.63) is 17.5 Å². The number of likely N-dealkylation sites (tertiary alicyclic amines) is 1. The molecule has 1 aliphatic heterocycles. The molecule has 2 aliphatic rings. The van der Waals surface area contributed by atoms with Gasteiger partial charge in [-0.3, -0.25) is 5.10 Å². The maximum Gasteiger partial charge on any atom is 0.317 e. The summed E-state index contributed by atoms with van der Waals surface area (Å²) in [6, 6.07) is 0.205. The lowest BCUT2D eigenvalue weighted by molar-refractivity contribution is 0.201. The van der Waals surface area contributed by atoms with Crippen LogP contribution < -0.4 is 5.32 Å². The fraction of sp³-hybridized carbons (Fsp3) is 0.714. The molecule has 104 valence electrons. The van der Waals surface area contributed by atoms with Gasteiger partial charge in [-0.2, -0.15) is 5.10 Å². The molecule has 0 radical (unpaired) electrons. The van der Waals surface area contributed by atoms with Crippen molar-refractivity contribution in [2.75, 3.05) is 13.1 Å². The highest BCUT2D eigenvalue weighted by Gasteiger charge is 2.31. The summed E-state index contributed by atoms with van der Waals surface area (Å²) in [6.07, 6.45) is 5.01. The molecule has 1 saturated heterocycles. The van der Waals surface area contributed by atoms with Gasteiger partial charge >= 0.3 is 6.03 Å². The first-order valence-corrected chi connectivity index (χ1v) is 7.22. The molecule has 3 unspecified atom stereocenters. The summed E-state index contributed by atoms with van der Waals surface area (Å²) in [5.74, 6) is 1.20. The number of aromatic amines is 1. The van der Waals surface area contributed by atoms with E-state index in [1.807, 2.05) is 11.1 Å². The van der Waals surface area contributed by atoms with Gasteiger partial charge in [-0.1, -0.05) is 13.8 Å². The van der Waals surface area contributed by atoms with Crippen LogP contribution in [-0.4, -0.2) is 34.2 Å². The summed E-state index contributed by atoms with van der Waals surface area (Å²) >= 11 is 0. The first-order chi connectivity index (χ1) is 9.15. The highest BCUT2D eigenvalue weighted by Crippen LogP contribution is 2.29. The molecule has 19 heavy (non-hydrogen) atoms. The number of hydrogen-bond donors (Lipinski definition) is 2. The van der Waals surface area contributed by atoms with E-state index in [4.69, 9.17) is 0 Å². The number of aryl methyl sites for hydroxylation is 1. The van der Waals surface area contributed by atoms with Gasteiger partial charge in [0.2, 0.25) is 0 Å². The Balaban J connectivity index is 1.65. The van der Waals surface area contributed by atoms with Crippen LogP contribution in [0.2, 0.25) is 0 Å². The highest BCUT2D eigenvalue weighted by molar-refractivity contribution is 5.75. The number of aromatic nitrogens is 2. The molecule has 1 aromatic heterocycles. The van der Waals surface area contributed by atoms with Gasteiger partial charge in [0.1, 0.15) is 0 Å². The Morgan fingerprint density at radius 2 is 2.16 bits per heavy atom. The Kier molecular flexibility index (Phi) is 3.21. The first kappa shape index (κ1) is 12.5. The van der Waals surface area contributed by atoms with Gasteiger partial charge < -0.3 is 10.2 Å². The Labute approximate surface area is 113 Å². The van der Waals surface area contributed by atoms with Crippen molar-refractivity contribution in [2.24, 2.45) is 11.8 Å². The quantitative estimate of drug-likeness (QED) is 0.814. The maximum atomic E-state index is 12.3. The van der Waals surface area contributed by atoms with E-state index in [0.717, 1.165) is 32.4 Å². The highest BCUT2D eigenvalue weighted by atomic mass is 16.2. The van der Waals surface area contributed by atoms with Gasteiger partial charge in [0.05, 0.1) is 12.2 Å². The smallest absolute Gasteiger partial charge is 0.317 e. The van der Waals surface area contributed by atoms with Crippen LogP contribution in [0.4, 0.5) is 4.79 Å². The van der Waals surface area contributed by atoms with Crippen LogP contribution in [0.5, 0.6) is 0 Å². The van der Waals surface area contributed by atoms with Crippen molar-refractivity contribution in [3.8, 4) is 0 Å². The monoisotopic (exact) mass is 262 g/mol. The molecule has 5 nitrogen and oxygen atoms in total. The van der Waals surface area contributed by atoms with Gasteiger partial charge in [-0.15, -0.1) is 0 Å². The predicted octanol–water partition coefficient (Wildman–Crippen LogP) is 2.08. The van der Waals surface area contributed by atoms with Crippen molar-refractivity contribution in [3.63, 3.8) is 0 Å². The molecule has 0 aromatic carbocycles. The first-order valence-electron chi connectivity index (χ1n) is 7.22. The molecule has 3 atom stereocenters. The molecule has 1 fully saturated rings. The lowest BCUT2D eigenvalue weighted by atomic mass is 9.93. The van der Waals surface area contributed by atoms with Crippen molar-refractivity contribution in [1.82, 2.24) is 20.4 Å². The summed E-state index contributed by atoms with van der Waals surface area (Å²) in [4.78, 5) is 14.3. The summed E-state index contributed by atoms with van der Waals surface area (Å²) < 4.78 is 0. The van der Waals surface area contributed by atoms with Crippen LogP contribution in [0.3, 0.4) is 0 Å². The predicted molar refractivity (Wildman–Crippen MR) is 72.7 cm³/mol. The number of carbonyl (C=O) groups excluding carboxylic acids is 1. The van der Waals surface area contributed by atoms with Crippen molar-refractivity contribution in [2.45, 2.75) is 39.2 Å². The molecule has 0 saturated carbocycles. The van der Waals surface area contributed by atoms with Crippen LogP contribution in [0, 0.1) is 11.8 Å². The van der Waals surface area contributed by atoms with E-state index in [2.05, 4.69) is 29.4 Å². The number of fused-ring (bicyclic) bond motifs is 1. The number of nitrogens with one attached hydrogen (secondary N) is 2. The minimum atomic E-state index is 0.0789. The molecular weight excluding hydrogens is 240 g/mol. The van der Waals surface area contributed by atoms with Crippen molar-refractivity contribution in [1.29, 1.82) is 0 Å². The fourth-order valence-corrected chi connectivity index (χ4v) is 3.15. The van der Waals surface area contributed by atoms with E-state index in [9.17, 15) is 4.79 Å². The minimum absolute atomic E-state index is 0.0789. The summed E-state index contributed by atoms with van der Waals surface area (Å²) in [7, 11) is 0.